The second-order valence-electron chi connectivity index (χ2n) is 1.56. The van der Waals surface area contributed by atoms with E-state index in [-0.39, 0.29) is 0 Å². The van der Waals surface area contributed by atoms with Gasteiger partial charge >= 0.3 is 0 Å². The summed E-state index contributed by atoms with van der Waals surface area (Å²) in [5.74, 6) is 0. The SMILES string of the molecule is CN1C=C=C=CC1. The van der Waals surface area contributed by atoms with Crippen molar-refractivity contribution < 1.29 is 0 Å². The van der Waals surface area contributed by atoms with E-state index in [0.29, 0.717) is 0 Å². The van der Waals surface area contributed by atoms with Gasteiger partial charge in [0.2, 0.25) is 0 Å². The Balaban J connectivity index is 2.78. The van der Waals surface area contributed by atoms with Gasteiger partial charge in [-0.05, 0) is 6.08 Å². The third-order valence-electron chi connectivity index (χ3n) is 0.850. The number of hydrogen-bond acceptors (Lipinski definition) is 1. The van der Waals surface area contributed by atoms with Gasteiger partial charge in [-0.25, -0.2) is 0 Å². The highest BCUT2D eigenvalue weighted by atomic mass is 15.1. The minimum Gasteiger partial charge on any atom is -0.369 e. The lowest BCUT2D eigenvalue weighted by Crippen LogP contribution is -2.09. The quantitative estimate of drug-likeness (QED) is 0.399. The second-order valence-corrected chi connectivity index (χ2v) is 1.56. The van der Waals surface area contributed by atoms with Crippen LogP contribution in [-0.4, -0.2) is 18.5 Å². The zero-order valence-electron chi connectivity index (χ0n) is 4.31. The van der Waals surface area contributed by atoms with E-state index in [2.05, 4.69) is 11.5 Å². The number of rotatable bonds is 0. The normalized spacial score (nSPS) is 15.9. The van der Waals surface area contributed by atoms with Crippen LogP contribution in [0.5, 0.6) is 0 Å². The van der Waals surface area contributed by atoms with Crippen LogP contribution in [0.2, 0.25) is 0 Å². The largest absolute Gasteiger partial charge is 0.369 e. The van der Waals surface area contributed by atoms with E-state index in [0.717, 1.165) is 6.54 Å². The van der Waals surface area contributed by atoms with Gasteiger partial charge in [0.25, 0.3) is 0 Å². The monoisotopic (exact) mass is 93.1 g/mol. The first kappa shape index (κ1) is 4.26. The summed E-state index contributed by atoms with van der Waals surface area (Å²) in [4.78, 5) is 2.04. The Morgan fingerprint density at radius 3 is 2.71 bits per heavy atom. The van der Waals surface area contributed by atoms with Crippen LogP contribution in [0.25, 0.3) is 0 Å². The predicted molar refractivity (Wildman–Crippen MR) is 28.8 cm³/mol. The van der Waals surface area contributed by atoms with Gasteiger partial charge in [0.15, 0.2) is 0 Å². The zero-order valence-corrected chi connectivity index (χ0v) is 4.31. The molecule has 1 aliphatic rings. The molecule has 0 bridgehead atoms. The zero-order chi connectivity index (χ0) is 5.11. The van der Waals surface area contributed by atoms with Crippen LogP contribution in [-0.2, 0) is 0 Å². The van der Waals surface area contributed by atoms with Gasteiger partial charge in [0, 0.05) is 13.6 Å². The van der Waals surface area contributed by atoms with Gasteiger partial charge in [-0.1, -0.05) is 11.5 Å². The fraction of sp³-hybridized carbons (Fsp3) is 0.333. The first-order chi connectivity index (χ1) is 3.39. The summed E-state index contributed by atoms with van der Waals surface area (Å²) in [6.45, 7) is 0.965. The molecule has 1 rings (SSSR count). The maximum atomic E-state index is 2.84. The molecule has 7 heavy (non-hydrogen) atoms. The average Bonchev–Trinajstić information content (AvgIpc) is 1.69. The van der Waals surface area contributed by atoms with Crippen molar-refractivity contribution in [3.63, 3.8) is 0 Å². The topological polar surface area (TPSA) is 3.24 Å². The molecular weight excluding hydrogens is 86.1 g/mol. The average molecular weight is 93.1 g/mol. The Labute approximate surface area is 43.2 Å². The summed E-state index contributed by atoms with van der Waals surface area (Å²) >= 11 is 0. The summed E-state index contributed by atoms with van der Waals surface area (Å²) < 4.78 is 0. The molecular formula is C6H7N. The fourth-order valence-electron chi connectivity index (χ4n) is 0.449. The molecule has 0 fully saturated rings. The molecule has 1 nitrogen and oxygen atoms in total. The first-order valence-electron chi connectivity index (χ1n) is 2.26. The second kappa shape index (κ2) is 1.70. The lowest BCUT2D eigenvalue weighted by molar-refractivity contribution is 0.507. The van der Waals surface area contributed by atoms with Crippen molar-refractivity contribution in [2.24, 2.45) is 0 Å². The molecule has 0 unspecified atom stereocenters. The van der Waals surface area contributed by atoms with Crippen molar-refractivity contribution >= 4 is 0 Å². The van der Waals surface area contributed by atoms with E-state index in [1.165, 1.54) is 0 Å². The molecule has 0 saturated heterocycles. The van der Waals surface area contributed by atoms with Gasteiger partial charge < -0.3 is 4.90 Å². The number of nitrogens with zero attached hydrogens (tertiary/aromatic N) is 1. The van der Waals surface area contributed by atoms with Crippen molar-refractivity contribution in [1.29, 1.82) is 0 Å². The molecule has 0 spiro atoms. The fourth-order valence-corrected chi connectivity index (χ4v) is 0.449. The van der Waals surface area contributed by atoms with Crippen LogP contribution in [0, 0.1) is 0 Å². The molecule has 0 aromatic heterocycles. The maximum absolute atomic E-state index is 2.84. The molecule has 0 N–H and O–H groups in total. The van der Waals surface area contributed by atoms with Crippen LogP contribution < -0.4 is 0 Å². The van der Waals surface area contributed by atoms with Gasteiger partial charge in [0.05, 0.1) is 6.20 Å². The van der Waals surface area contributed by atoms with E-state index < -0.39 is 0 Å². The predicted octanol–water partition coefficient (Wildman–Crippen LogP) is 0.756. The highest BCUT2D eigenvalue weighted by Gasteiger charge is 1.84. The van der Waals surface area contributed by atoms with E-state index >= 15 is 0 Å². The molecule has 0 aromatic rings. The molecule has 0 atom stereocenters. The van der Waals surface area contributed by atoms with Crippen molar-refractivity contribution in [1.82, 2.24) is 4.90 Å². The van der Waals surface area contributed by atoms with E-state index in [4.69, 9.17) is 0 Å². The smallest absolute Gasteiger partial charge is 0.0509 e. The number of likely N-dealkylation sites (N-methyl/N-ethyl adjacent to an activating group) is 1. The summed E-state index contributed by atoms with van der Waals surface area (Å²) in [5.41, 5.74) is 5.67. The van der Waals surface area contributed by atoms with Gasteiger partial charge in [-0.2, -0.15) is 0 Å². The Hall–Kier alpha value is -0.900. The van der Waals surface area contributed by atoms with Crippen molar-refractivity contribution in [2.75, 3.05) is 13.6 Å². The highest BCUT2D eigenvalue weighted by Crippen LogP contribution is 1.85. The van der Waals surface area contributed by atoms with E-state index in [1.807, 2.05) is 24.2 Å². The molecule has 0 aromatic carbocycles. The van der Waals surface area contributed by atoms with Crippen LogP contribution in [0.15, 0.2) is 23.7 Å². The minimum absolute atomic E-state index is 0.965. The maximum Gasteiger partial charge on any atom is 0.0509 e. The molecule has 0 aliphatic carbocycles. The number of hydrogen-bond donors (Lipinski definition) is 0. The third-order valence-corrected chi connectivity index (χ3v) is 0.850. The molecule has 0 amide bonds. The standard InChI is InChI=1S/C6H7N/c1-7-5-3-2-4-6-7/h3,6H,5H2,1H3. The molecule has 0 saturated carbocycles. The summed E-state index contributed by atoms with van der Waals surface area (Å²) in [6, 6.07) is 0. The van der Waals surface area contributed by atoms with Crippen molar-refractivity contribution in [3.8, 4) is 0 Å². The Kier molecular flexibility index (Phi) is 1.04. The summed E-state index contributed by atoms with van der Waals surface area (Å²) in [7, 11) is 2.00. The molecule has 1 aliphatic heterocycles. The Morgan fingerprint density at radius 1 is 1.57 bits per heavy atom. The summed E-state index contributed by atoms with van der Waals surface area (Å²) in [6.07, 6.45) is 3.82. The van der Waals surface area contributed by atoms with E-state index in [1.54, 1.807) is 0 Å². The third kappa shape index (κ3) is 0.972. The first-order valence-corrected chi connectivity index (χ1v) is 2.26. The van der Waals surface area contributed by atoms with Crippen LogP contribution in [0.1, 0.15) is 0 Å². The Morgan fingerprint density at radius 2 is 2.43 bits per heavy atom. The molecule has 1 heterocycles. The molecule has 36 valence electrons. The van der Waals surface area contributed by atoms with Crippen LogP contribution in [0.4, 0.5) is 0 Å². The van der Waals surface area contributed by atoms with E-state index in [9.17, 15) is 0 Å². The lowest BCUT2D eigenvalue weighted by atomic mass is 10.5. The van der Waals surface area contributed by atoms with Gasteiger partial charge in [-0.15, -0.1) is 0 Å². The molecule has 0 radical (unpaired) electrons. The minimum atomic E-state index is 0.965. The van der Waals surface area contributed by atoms with Gasteiger partial charge in [-0.3, -0.25) is 0 Å². The molecule has 1 heteroatoms. The van der Waals surface area contributed by atoms with Gasteiger partial charge in [0.1, 0.15) is 0 Å². The van der Waals surface area contributed by atoms with Crippen molar-refractivity contribution in [3.05, 3.63) is 23.7 Å². The highest BCUT2D eigenvalue weighted by molar-refractivity contribution is 4.94. The summed E-state index contributed by atoms with van der Waals surface area (Å²) in [5, 5.41) is 0. The lowest BCUT2D eigenvalue weighted by Gasteiger charge is -2.07. The van der Waals surface area contributed by atoms with Crippen LogP contribution >= 0.6 is 0 Å². The van der Waals surface area contributed by atoms with Crippen molar-refractivity contribution in [2.45, 2.75) is 0 Å². The Bertz CT molecular complexity index is 146. The van der Waals surface area contributed by atoms with Crippen LogP contribution in [0.3, 0.4) is 0 Å².